The van der Waals surface area contributed by atoms with Crippen LogP contribution < -0.4 is 10.2 Å². The summed E-state index contributed by atoms with van der Waals surface area (Å²) in [4.78, 5) is 25.3. The van der Waals surface area contributed by atoms with Crippen LogP contribution in [0.25, 0.3) is 0 Å². The van der Waals surface area contributed by atoms with E-state index in [1.165, 1.54) is 135 Å². The number of nitrogens with zero attached hydrogens (tertiary/aromatic N) is 1. The minimum absolute atomic E-state index is 0.00168. The zero-order valence-corrected chi connectivity index (χ0v) is 42.0. The van der Waals surface area contributed by atoms with Crippen LogP contribution in [0.15, 0.2) is 60.8 Å². The van der Waals surface area contributed by atoms with Gasteiger partial charge in [0.1, 0.15) is 13.2 Å². The average Bonchev–Trinajstić information content (AvgIpc) is 3.23. The Morgan fingerprint density at radius 3 is 1.44 bits per heavy atom. The maximum atomic E-state index is 12.9. The normalized spacial score (nSPS) is 14.6. The van der Waals surface area contributed by atoms with Gasteiger partial charge >= 0.3 is 0 Å². The van der Waals surface area contributed by atoms with Crippen molar-refractivity contribution >= 4 is 13.7 Å². The van der Waals surface area contributed by atoms with Gasteiger partial charge < -0.3 is 28.8 Å². The molecule has 0 aromatic heterocycles. The summed E-state index contributed by atoms with van der Waals surface area (Å²) >= 11 is 0. The lowest BCUT2D eigenvalue weighted by Gasteiger charge is -2.29. The predicted octanol–water partition coefficient (Wildman–Crippen LogP) is 14.3. The van der Waals surface area contributed by atoms with Crippen LogP contribution in [0.4, 0.5) is 0 Å². The number of hydrogen-bond donors (Lipinski definition) is 2. The molecular weight excluding hydrogens is 792 g/mol. The molecule has 0 saturated carbocycles. The van der Waals surface area contributed by atoms with Crippen LogP contribution in [0.1, 0.15) is 219 Å². The number of amides is 1. The summed E-state index contributed by atoms with van der Waals surface area (Å²) in [5, 5.41) is 13.7. The van der Waals surface area contributed by atoms with Crippen molar-refractivity contribution < 1.29 is 32.9 Å². The third kappa shape index (κ3) is 46.2. The van der Waals surface area contributed by atoms with Gasteiger partial charge in [-0.15, -0.1) is 0 Å². The highest BCUT2D eigenvalue weighted by molar-refractivity contribution is 7.45. The van der Waals surface area contributed by atoms with Gasteiger partial charge in [-0.1, -0.05) is 216 Å². The number of likely N-dealkylation sites (N-methyl/N-ethyl adjacent to an activating group) is 1. The SMILES string of the molecule is CC/C=C\C/C=C\C/C=C\C/C=C\CCCCCCCCCCCCCCCCCCCCC(=O)NC(COP(=O)([O-])OCC[N+](C)(C)C)C(O)/C=C/CCCCCCCCC. The van der Waals surface area contributed by atoms with Gasteiger partial charge in [-0.25, -0.2) is 0 Å². The molecule has 1 amide bonds. The van der Waals surface area contributed by atoms with Crippen LogP contribution in [-0.4, -0.2) is 68.5 Å². The molecule has 0 heterocycles. The lowest BCUT2D eigenvalue weighted by molar-refractivity contribution is -0.870. The van der Waals surface area contributed by atoms with Crippen molar-refractivity contribution in [2.75, 3.05) is 40.9 Å². The number of allylic oxidation sites excluding steroid dienone is 9. The van der Waals surface area contributed by atoms with Gasteiger partial charge in [0, 0.05) is 6.42 Å². The number of aliphatic hydroxyl groups excluding tert-OH is 1. The van der Waals surface area contributed by atoms with E-state index in [0.717, 1.165) is 64.2 Å². The lowest BCUT2D eigenvalue weighted by Crippen LogP contribution is -2.45. The first-order chi connectivity index (χ1) is 30.0. The number of hydrogen-bond acceptors (Lipinski definition) is 6. The molecule has 2 N–H and O–H groups in total. The monoisotopic (exact) mass is 891 g/mol. The van der Waals surface area contributed by atoms with Crippen LogP contribution in [0, 0.1) is 0 Å². The molecular formula is C53H99N2O6P. The van der Waals surface area contributed by atoms with Gasteiger partial charge in [0.15, 0.2) is 0 Å². The molecule has 8 nitrogen and oxygen atoms in total. The number of carbonyl (C=O) groups is 1. The Hall–Kier alpha value is -1.80. The Labute approximate surface area is 383 Å². The highest BCUT2D eigenvalue weighted by Gasteiger charge is 2.23. The van der Waals surface area contributed by atoms with Crippen molar-refractivity contribution in [2.24, 2.45) is 0 Å². The number of rotatable bonds is 46. The number of nitrogens with one attached hydrogen (secondary N) is 1. The molecule has 0 fully saturated rings. The van der Waals surface area contributed by atoms with Crippen molar-refractivity contribution in [1.82, 2.24) is 5.32 Å². The number of carbonyl (C=O) groups excluding carboxylic acids is 1. The van der Waals surface area contributed by atoms with E-state index in [2.05, 4.69) is 67.8 Å². The Morgan fingerprint density at radius 1 is 0.581 bits per heavy atom. The summed E-state index contributed by atoms with van der Waals surface area (Å²) in [6.07, 6.45) is 58.8. The molecule has 0 spiro atoms. The Morgan fingerprint density at radius 2 is 0.984 bits per heavy atom. The molecule has 0 rings (SSSR count). The maximum Gasteiger partial charge on any atom is 0.268 e. The third-order valence-electron chi connectivity index (χ3n) is 11.2. The number of unbranched alkanes of at least 4 members (excludes halogenated alkanes) is 25. The molecule has 9 heteroatoms. The standard InChI is InChI=1S/C53H99N2O6P/c1-6-8-10-12-14-16-17-18-19-20-21-22-23-24-25-26-27-28-29-30-31-32-33-34-35-36-37-39-41-43-45-47-53(57)54-51(50-61-62(58,59)60-49-48-55(3,4)5)52(56)46-44-42-40-38-15-13-11-9-7-2/h8,10,14,16,18-19,21-22,44,46,51-52,56H,6-7,9,11-13,15,17,20,23-43,45,47-50H2,1-5H3,(H-,54,57,58,59)/b10-8-,16-14-,19-18-,22-21-,46-44+. The largest absolute Gasteiger partial charge is 0.756 e. The molecule has 0 aliphatic rings. The van der Waals surface area contributed by atoms with E-state index in [4.69, 9.17) is 9.05 Å². The van der Waals surface area contributed by atoms with Gasteiger partial charge in [0.25, 0.3) is 7.82 Å². The Balaban J connectivity index is 3.99. The van der Waals surface area contributed by atoms with Crippen LogP contribution >= 0.6 is 7.82 Å². The van der Waals surface area contributed by atoms with Crippen LogP contribution in [0.5, 0.6) is 0 Å². The van der Waals surface area contributed by atoms with Gasteiger partial charge in [-0.3, -0.25) is 9.36 Å². The highest BCUT2D eigenvalue weighted by Crippen LogP contribution is 2.38. The molecule has 0 aliphatic carbocycles. The van der Waals surface area contributed by atoms with Crippen LogP contribution in [0.3, 0.4) is 0 Å². The number of phosphoric acid groups is 1. The maximum absolute atomic E-state index is 12.9. The summed E-state index contributed by atoms with van der Waals surface area (Å²) in [6, 6.07) is -0.884. The molecule has 0 saturated heterocycles. The topological polar surface area (TPSA) is 108 Å². The summed E-state index contributed by atoms with van der Waals surface area (Å²) in [6.45, 7) is 4.50. The van der Waals surface area contributed by atoms with E-state index in [9.17, 15) is 19.4 Å². The van der Waals surface area contributed by atoms with Gasteiger partial charge in [0.2, 0.25) is 5.91 Å². The first kappa shape index (κ1) is 60.2. The van der Waals surface area contributed by atoms with Crippen LogP contribution in [0.2, 0.25) is 0 Å². The minimum Gasteiger partial charge on any atom is -0.756 e. The third-order valence-corrected chi connectivity index (χ3v) is 12.2. The summed E-state index contributed by atoms with van der Waals surface area (Å²) < 4.78 is 23.2. The fourth-order valence-electron chi connectivity index (χ4n) is 7.20. The molecule has 3 unspecified atom stereocenters. The van der Waals surface area contributed by atoms with Gasteiger partial charge in [0.05, 0.1) is 39.9 Å². The van der Waals surface area contributed by atoms with E-state index in [0.29, 0.717) is 17.4 Å². The smallest absolute Gasteiger partial charge is 0.268 e. The second-order valence-corrected chi connectivity index (χ2v) is 19.9. The highest BCUT2D eigenvalue weighted by atomic mass is 31.2. The van der Waals surface area contributed by atoms with E-state index in [1.807, 2.05) is 27.2 Å². The molecule has 3 atom stereocenters. The van der Waals surface area contributed by atoms with E-state index in [1.54, 1.807) is 6.08 Å². The van der Waals surface area contributed by atoms with Gasteiger partial charge in [-0.05, 0) is 57.8 Å². The summed E-state index contributed by atoms with van der Waals surface area (Å²) in [7, 11) is 1.26. The molecule has 0 bridgehead atoms. The Bertz CT molecular complexity index is 1190. The molecule has 0 radical (unpaired) electrons. The quantitative estimate of drug-likeness (QED) is 0.0273. The number of aliphatic hydroxyl groups is 1. The first-order valence-corrected chi connectivity index (χ1v) is 27.1. The Kier molecular flexibility index (Phi) is 43.1. The van der Waals surface area contributed by atoms with Gasteiger partial charge in [-0.2, -0.15) is 0 Å². The van der Waals surface area contributed by atoms with E-state index < -0.39 is 20.0 Å². The second-order valence-electron chi connectivity index (χ2n) is 18.5. The van der Waals surface area contributed by atoms with Crippen molar-refractivity contribution in [3.05, 3.63) is 60.8 Å². The van der Waals surface area contributed by atoms with Crippen molar-refractivity contribution in [1.29, 1.82) is 0 Å². The van der Waals surface area contributed by atoms with Crippen molar-refractivity contribution in [3.8, 4) is 0 Å². The average molecular weight is 891 g/mol. The molecule has 62 heavy (non-hydrogen) atoms. The van der Waals surface area contributed by atoms with E-state index >= 15 is 0 Å². The van der Waals surface area contributed by atoms with Crippen LogP contribution in [-0.2, 0) is 18.4 Å². The number of phosphoric ester groups is 1. The first-order valence-electron chi connectivity index (χ1n) is 25.7. The van der Waals surface area contributed by atoms with Crippen molar-refractivity contribution in [3.63, 3.8) is 0 Å². The fraction of sp³-hybridized carbons (Fsp3) is 0.792. The summed E-state index contributed by atoms with van der Waals surface area (Å²) in [5.41, 5.74) is 0. The predicted molar refractivity (Wildman–Crippen MR) is 265 cm³/mol. The molecule has 362 valence electrons. The molecule has 0 aromatic carbocycles. The van der Waals surface area contributed by atoms with E-state index in [-0.39, 0.29) is 19.1 Å². The van der Waals surface area contributed by atoms with Crippen molar-refractivity contribution in [2.45, 2.75) is 231 Å². The summed E-state index contributed by atoms with van der Waals surface area (Å²) in [5.74, 6) is -0.200. The fourth-order valence-corrected chi connectivity index (χ4v) is 7.93. The molecule has 0 aromatic rings. The minimum atomic E-state index is -4.58. The molecule has 0 aliphatic heterocycles. The zero-order valence-electron chi connectivity index (χ0n) is 41.1. The second kappa shape index (κ2) is 44.4. The lowest BCUT2D eigenvalue weighted by atomic mass is 10.0. The zero-order chi connectivity index (χ0) is 45.7. The number of quaternary nitrogens is 1.